The van der Waals surface area contributed by atoms with Crippen LogP contribution >= 0.6 is 0 Å². The third-order valence-corrected chi connectivity index (χ3v) is 6.69. The molecule has 5 heteroatoms. The van der Waals surface area contributed by atoms with Crippen LogP contribution in [0.2, 0.25) is 0 Å². The number of carbonyl (C=O) groups excluding carboxylic acids is 2. The van der Waals surface area contributed by atoms with Crippen LogP contribution in [0.5, 0.6) is 0 Å². The van der Waals surface area contributed by atoms with Crippen molar-refractivity contribution < 1.29 is 9.59 Å². The van der Waals surface area contributed by atoms with E-state index in [-0.39, 0.29) is 11.9 Å². The normalized spacial score (nSPS) is 14.7. The first-order valence-electron chi connectivity index (χ1n) is 12.1. The maximum absolute atomic E-state index is 12.5. The van der Waals surface area contributed by atoms with E-state index < -0.39 is 5.91 Å². The molecule has 0 spiro atoms. The lowest BCUT2D eigenvalue weighted by molar-refractivity contribution is -0.121. The molecule has 4 rings (SSSR count). The molecule has 0 atom stereocenters. The van der Waals surface area contributed by atoms with Gasteiger partial charge >= 0.3 is 0 Å². The standard InChI is InChI=1S/C29H33N3O2/c30-29(34)25-13-11-22(12-14-25)21-28(33)31-26-15-18-32(19-16-26)20-17-27(23-7-3-1-4-8-23)24-9-5-2-6-10-24/h1-14,26-27H,15-21H2,(H2,30,34)(H,31,33). The van der Waals surface area contributed by atoms with Crippen molar-refractivity contribution in [2.45, 2.75) is 37.6 Å². The van der Waals surface area contributed by atoms with E-state index in [1.807, 2.05) is 0 Å². The molecule has 5 nitrogen and oxygen atoms in total. The van der Waals surface area contributed by atoms with Crippen molar-refractivity contribution in [3.8, 4) is 0 Å². The summed E-state index contributed by atoms with van der Waals surface area (Å²) in [4.78, 5) is 26.2. The molecule has 1 aliphatic heterocycles. The smallest absolute Gasteiger partial charge is 0.248 e. The first kappa shape index (κ1) is 23.7. The van der Waals surface area contributed by atoms with Gasteiger partial charge in [0, 0.05) is 30.6 Å². The fourth-order valence-corrected chi connectivity index (χ4v) is 4.76. The van der Waals surface area contributed by atoms with Crippen LogP contribution in [0.3, 0.4) is 0 Å². The Morgan fingerprint density at radius 3 is 1.94 bits per heavy atom. The Morgan fingerprint density at radius 2 is 1.41 bits per heavy atom. The molecular weight excluding hydrogens is 422 g/mol. The first-order valence-corrected chi connectivity index (χ1v) is 12.1. The molecular formula is C29H33N3O2. The van der Waals surface area contributed by atoms with Crippen LogP contribution in [0.25, 0.3) is 0 Å². The quantitative estimate of drug-likeness (QED) is 0.509. The van der Waals surface area contributed by atoms with Crippen molar-refractivity contribution in [2.75, 3.05) is 19.6 Å². The van der Waals surface area contributed by atoms with Gasteiger partial charge in [-0.15, -0.1) is 0 Å². The average molecular weight is 456 g/mol. The van der Waals surface area contributed by atoms with E-state index in [1.165, 1.54) is 11.1 Å². The molecule has 0 saturated carbocycles. The van der Waals surface area contributed by atoms with Crippen LogP contribution in [0.1, 0.15) is 52.2 Å². The average Bonchev–Trinajstić information content (AvgIpc) is 2.87. The summed E-state index contributed by atoms with van der Waals surface area (Å²) in [6, 6.07) is 28.6. The fraction of sp³-hybridized carbons (Fsp3) is 0.310. The van der Waals surface area contributed by atoms with Crippen molar-refractivity contribution in [3.63, 3.8) is 0 Å². The van der Waals surface area contributed by atoms with Gasteiger partial charge in [-0.05, 0) is 54.6 Å². The number of hydrogen-bond acceptors (Lipinski definition) is 3. The molecule has 3 aromatic rings. The first-order chi connectivity index (χ1) is 16.6. The molecule has 1 aliphatic rings. The SMILES string of the molecule is NC(=O)c1ccc(CC(=O)NC2CCN(CCC(c3ccccc3)c3ccccc3)CC2)cc1. The summed E-state index contributed by atoms with van der Waals surface area (Å²) in [7, 11) is 0. The number of nitrogens with zero attached hydrogens (tertiary/aromatic N) is 1. The predicted molar refractivity (Wildman–Crippen MR) is 136 cm³/mol. The van der Waals surface area contributed by atoms with E-state index in [4.69, 9.17) is 5.73 Å². The molecule has 1 saturated heterocycles. The highest BCUT2D eigenvalue weighted by Gasteiger charge is 2.22. The van der Waals surface area contributed by atoms with E-state index in [0.717, 1.165) is 44.5 Å². The minimum atomic E-state index is -0.457. The van der Waals surface area contributed by atoms with Crippen molar-refractivity contribution >= 4 is 11.8 Å². The summed E-state index contributed by atoms with van der Waals surface area (Å²) in [5.41, 5.74) is 9.34. The Hall–Kier alpha value is -3.44. The predicted octanol–water partition coefficient (Wildman–Crippen LogP) is 4.13. The number of primary amides is 1. The number of carbonyl (C=O) groups is 2. The highest BCUT2D eigenvalue weighted by atomic mass is 16.2. The van der Waals surface area contributed by atoms with E-state index >= 15 is 0 Å². The number of piperidine rings is 1. The monoisotopic (exact) mass is 455 g/mol. The molecule has 1 heterocycles. The number of likely N-dealkylation sites (tertiary alicyclic amines) is 1. The maximum Gasteiger partial charge on any atom is 0.248 e. The number of rotatable bonds is 9. The molecule has 0 radical (unpaired) electrons. The van der Waals surface area contributed by atoms with Gasteiger partial charge in [0.15, 0.2) is 0 Å². The number of nitrogens with one attached hydrogen (secondary N) is 1. The van der Waals surface area contributed by atoms with Gasteiger partial charge < -0.3 is 16.0 Å². The zero-order chi connectivity index (χ0) is 23.8. The van der Waals surface area contributed by atoms with Gasteiger partial charge in [0.25, 0.3) is 0 Å². The number of benzene rings is 3. The van der Waals surface area contributed by atoms with E-state index in [2.05, 4.69) is 70.9 Å². The van der Waals surface area contributed by atoms with Crippen LogP contribution in [-0.2, 0) is 11.2 Å². The largest absolute Gasteiger partial charge is 0.366 e. The fourth-order valence-electron chi connectivity index (χ4n) is 4.76. The van der Waals surface area contributed by atoms with Gasteiger partial charge in [0.05, 0.1) is 6.42 Å². The second-order valence-electron chi connectivity index (χ2n) is 9.08. The summed E-state index contributed by atoms with van der Waals surface area (Å²) in [6.07, 6.45) is 3.32. The van der Waals surface area contributed by atoms with Crippen molar-refractivity contribution in [1.82, 2.24) is 10.2 Å². The van der Waals surface area contributed by atoms with Crippen LogP contribution in [0.4, 0.5) is 0 Å². The van der Waals surface area contributed by atoms with Gasteiger partial charge in [0.2, 0.25) is 11.8 Å². The van der Waals surface area contributed by atoms with Crippen molar-refractivity contribution in [1.29, 1.82) is 0 Å². The summed E-state index contributed by atoms with van der Waals surface area (Å²) < 4.78 is 0. The summed E-state index contributed by atoms with van der Waals surface area (Å²) in [5, 5.41) is 3.18. The van der Waals surface area contributed by atoms with Gasteiger partial charge in [-0.2, -0.15) is 0 Å². The Balaban J connectivity index is 1.24. The van der Waals surface area contributed by atoms with Gasteiger partial charge in [-0.25, -0.2) is 0 Å². The Morgan fingerprint density at radius 1 is 0.853 bits per heavy atom. The number of amides is 2. The molecule has 3 N–H and O–H groups in total. The number of hydrogen-bond donors (Lipinski definition) is 2. The highest BCUT2D eigenvalue weighted by Crippen LogP contribution is 2.28. The summed E-state index contributed by atoms with van der Waals surface area (Å²) in [5.74, 6) is -0.0408. The van der Waals surface area contributed by atoms with Crippen molar-refractivity contribution in [2.24, 2.45) is 5.73 Å². The minimum absolute atomic E-state index is 0.0264. The van der Waals surface area contributed by atoms with E-state index in [1.54, 1.807) is 24.3 Å². The Kier molecular flexibility index (Phi) is 8.10. The second kappa shape index (κ2) is 11.6. The van der Waals surface area contributed by atoms with Gasteiger partial charge in [-0.1, -0.05) is 72.8 Å². The molecule has 0 aliphatic carbocycles. The third kappa shape index (κ3) is 6.55. The van der Waals surface area contributed by atoms with Crippen LogP contribution in [0.15, 0.2) is 84.9 Å². The van der Waals surface area contributed by atoms with Crippen LogP contribution in [-0.4, -0.2) is 42.4 Å². The molecule has 1 fully saturated rings. The lowest BCUT2D eigenvalue weighted by Gasteiger charge is -2.33. The minimum Gasteiger partial charge on any atom is -0.366 e. The maximum atomic E-state index is 12.5. The van der Waals surface area contributed by atoms with Crippen molar-refractivity contribution in [3.05, 3.63) is 107 Å². The Labute approximate surface area is 202 Å². The zero-order valence-electron chi connectivity index (χ0n) is 19.5. The second-order valence-corrected chi connectivity index (χ2v) is 9.08. The molecule has 3 aromatic carbocycles. The Bertz CT molecular complexity index is 1020. The van der Waals surface area contributed by atoms with Crippen LogP contribution in [0, 0.1) is 0 Å². The van der Waals surface area contributed by atoms with E-state index in [0.29, 0.717) is 17.9 Å². The lowest BCUT2D eigenvalue weighted by atomic mass is 9.88. The molecule has 0 unspecified atom stereocenters. The van der Waals surface area contributed by atoms with Gasteiger partial charge in [0.1, 0.15) is 0 Å². The number of nitrogens with two attached hydrogens (primary N) is 1. The topological polar surface area (TPSA) is 75.4 Å². The third-order valence-electron chi connectivity index (χ3n) is 6.69. The molecule has 34 heavy (non-hydrogen) atoms. The molecule has 0 aromatic heterocycles. The highest BCUT2D eigenvalue weighted by molar-refractivity contribution is 5.92. The summed E-state index contributed by atoms with van der Waals surface area (Å²) in [6.45, 7) is 3.03. The van der Waals surface area contributed by atoms with Crippen LogP contribution < -0.4 is 11.1 Å². The van der Waals surface area contributed by atoms with E-state index in [9.17, 15) is 9.59 Å². The molecule has 0 bridgehead atoms. The summed E-state index contributed by atoms with van der Waals surface area (Å²) >= 11 is 0. The van der Waals surface area contributed by atoms with Gasteiger partial charge in [-0.3, -0.25) is 9.59 Å². The lowest BCUT2D eigenvalue weighted by Crippen LogP contribution is -2.45. The molecule has 2 amide bonds. The molecule has 176 valence electrons. The zero-order valence-corrected chi connectivity index (χ0v) is 19.5.